The summed E-state index contributed by atoms with van der Waals surface area (Å²) < 4.78 is -1.20. The normalized spacial score (nSPS) is 27.3. The van der Waals surface area contributed by atoms with Gasteiger partial charge in [0.25, 0.3) is 11.8 Å². The molecule has 0 bridgehead atoms. The summed E-state index contributed by atoms with van der Waals surface area (Å²) in [5.41, 5.74) is 5.40. The second kappa shape index (κ2) is 10.9. The van der Waals surface area contributed by atoms with E-state index in [1.54, 1.807) is 0 Å². The number of likely N-dealkylation sites (tertiary alicyclic amines) is 2. The van der Waals surface area contributed by atoms with Gasteiger partial charge in [0, 0.05) is 43.5 Å². The van der Waals surface area contributed by atoms with Gasteiger partial charge in [-0.05, 0) is 49.9 Å². The van der Waals surface area contributed by atoms with Crippen LogP contribution in [0.25, 0.3) is 0 Å². The zero-order chi connectivity index (χ0) is 26.8. The van der Waals surface area contributed by atoms with Crippen molar-refractivity contribution in [2.24, 2.45) is 0 Å². The highest BCUT2D eigenvalue weighted by Gasteiger charge is 2.43. The third-order valence-electron chi connectivity index (χ3n) is 8.30. The molecule has 8 heteroatoms. The van der Waals surface area contributed by atoms with Gasteiger partial charge in [-0.1, -0.05) is 36.4 Å². The molecular weight excluding hydrogens is 468 g/mol. The third-order valence-corrected chi connectivity index (χ3v) is 8.30. The summed E-state index contributed by atoms with van der Waals surface area (Å²) in [5, 5.41) is 33.5. The summed E-state index contributed by atoms with van der Waals surface area (Å²) in [7, 11) is 0. The summed E-state index contributed by atoms with van der Waals surface area (Å²) in [6.45, 7) is 8.93. The maximum absolute atomic E-state index is 13.7. The first-order valence-electron chi connectivity index (χ1n) is 13.4. The van der Waals surface area contributed by atoms with Crippen molar-refractivity contribution >= 4 is 23.2 Å². The lowest BCUT2D eigenvalue weighted by Gasteiger charge is -2.46. The summed E-state index contributed by atoms with van der Waals surface area (Å²) in [6, 6.07) is 10.3. The molecular formula is C29H40N4O4. The molecule has 200 valence electrons. The molecule has 2 aliphatic rings. The Kier molecular flexibility index (Phi) is 8.04. The fourth-order valence-corrected chi connectivity index (χ4v) is 6.15. The van der Waals surface area contributed by atoms with Crippen molar-refractivity contribution < 1.29 is 18.9 Å². The van der Waals surface area contributed by atoms with Crippen LogP contribution >= 0.6 is 0 Å². The zero-order valence-corrected chi connectivity index (χ0v) is 22.5. The molecule has 37 heavy (non-hydrogen) atoms. The monoisotopic (exact) mass is 508 g/mol. The van der Waals surface area contributed by atoms with Crippen LogP contribution in [0.5, 0.6) is 0 Å². The predicted molar refractivity (Wildman–Crippen MR) is 146 cm³/mol. The van der Waals surface area contributed by atoms with Crippen molar-refractivity contribution in [2.75, 3.05) is 36.8 Å². The molecule has 2 aromatic carbocycles. The van der Waals surface area contributed by atoms with Crippen LogP contribution in [0.3, 0.4) is 0 Å². The average Bonchev–Trinajstić information content (AvgIpc) is 3.41. The minimum absolute atomic E-state index is 0.207. The lowest BCUT2D eigenvalue weighted by molar-refractivity contribution is -0.902. The number of benzene rings is 2. The number of hydrogen-bond donors (Lipinski definition) is 2. The number of aryl methyl sites for hydroxylation is 4. The number of carbonyl (C=O) groups excluding carboxylic acids is 2. The lowest BCUT2D eigenvalue weighted by Crippen LogP contribution is -2.55. The number of hydroxylamine groups is 6. The molecule has 0 unspecified atom stereocenters. The maximum atomic E-state index is 13.7. The summed E-state index contributed by atoms with van der Waals surface area (Å²) >= 11 is 0. The standard InChI is InChI=1S/C29H40N4O4/c1-20-10-5-11-21(2)26(20)30-28(34)24-14-7-16-32(24,36)18-9-19-33(37)17-8-15-25(33)29(35)31-27-22(3)12-6-13-23(27)4/h5-6,10-13,24-25H,7-9,14-19H2,1-4H3,(H,30,34)(H,31,35)/t24-,25-,32+,33+/m0/s1. The SMILES string of the molecule is Cc1cccc(C)c1NC(=O)[C@@H]1CCC[N@@+]1([O-])CCC[N@+]1([O-])CCC[C@H]1C(=O)Nc1c(C)cccc1C. The van der Waals surface area contributed by atoms with Crippen LogP contribution in [0.2, 0.25) is 0 Å². The molecule has 0 saturated carbocycles. The average molecular weight is 509 g/mol. The van der Waals surface area contributed by atoms with Crippen LogP contribution in [-0.2, 0) is 9.59 Å². The summed E-state index contributed by atoms with van der Waals surface area (Å²) in [6.07, 6.45) is 2.84. The number of para-hydroxylation sites is 2. The molecule has 0 aliphatic carbocycles. The van der Waals surface area contributed by atoms with Crippen molar-refractivity contribution in [3.05, 3.63) is 69.1 Å². The lowest BCUT2D eigenvalue weighted by atomic mass is 10.1. The van der Waals surface area contributed by atoms with Crippen molar-refractivity contribution in [3.8, 4) is 0 Å². The van der Waals surface area contributed by atoms with Crippen LogP contribution in [0.4, 0.5) is 11.4 Å². The molecule has 2 heterocycles. The summed E-state index contributed by atoms with van der Waals surface area (Å²) in [4.78, 5) is 26.3. The molecule has 4 atom stereocenters. The van der Waals surface area contributed by atoms with Gasteiger partial charge >= 0.3 is 0 Å². The number of nitrogens with zero attached hydrogens (tertiary/aromatic N) is 2. The van der Waals surface area contributed by atoms with E-state index in [0.29, 0.717) is 45.2 Å². The van der Waals surface area contributed by atoms with Crippen LogP contribution in [0, 0.1) is 38.1 Å². The van der Waals surface area contributed by atoms with Gasteiger partial charge < -0.3 is 30.3 Å². The number of amides is 2. The highest BCUT2D eigenvalue weighted by Crippen LogP contribution is 2.32. The molecule has 2 aromatic rings. The Hall–Kier alpha value is -2.78. The van der Waals surface area contributed by atoms with Gasteiger partial charge in [0.1, 0.15) is 0 Å². The number of quaternary nitrogens is 2. The molecule has 4 rings (SSSR count). The van der Waals surface area contributed by atoms with E-state index in [2.05, 4.69) is 10.6 Å². The molecule has 2 saturated heterocycles. The molecule has 0 aromatic heterocycles. The topological polar surface area (TPSA) is 104 Å². The van der Waals surface area contributed by atoms with Crippen LogP contribution in [0.1, 0.15) is 54.4 Å². The zero-order valence-electron chi connectivity index (χ0n) is 22.5. The van der Waals surface area contributed by atoms with Crippen LogP contribution < -0.4 is 10.6 Å². The highest BCUT2D eigenvalue weighted by atomic mass is 16.6. The minimum atomic E-state index is -0.680. The molecule has 2 N–H and O–H groups in total. The number of anilines is 2. The predicted octanol–water partition coefficient (Wildman–Crippen LogP) is 4.84. The van der Waals surface area contributed by atoms with Gasteiger partial charge in [0.2, 0.25) is 0 Å². The second-order valence-corrected chi connectivity index (χ2v) is 11.0. The first-order valence-corrected chi connectivity index (χ1v) is 13.4. The van der Waals surface area contributed by atoms with Gasteiger partial charge in [-0.3, -0.25) is 9.59 Å². The third kappa shape index (κ3) is 5.72. The van der Waals surface area contributed by atoms with Gasteiger partial charge in [-0.25, -0.2) is 0 Å². The Morgan fingerprint density at radius 3 is 1.43 bits per heavy atom. The highest BCUT2D eigenvalue weighted by molar-refractivity contribution is 5.96. The Morgan fingerprint density at radius 2 is 1.08 bits per heavy atom. The number of rotatable bonds is 8. The second-order valence-electron chi connectivity index (χ2n) is 11.0. The van der Waals surface area contributed by atoms with E-state index < -0.39 is 21.4 Å². The van der Waals surface area contributed by atoms with Crippen molar-refractivity contribution in [1.82, 2.24) is 0 Å². The molecule has 2 amide bonds. The molecule has 2 aliphatic heterocycles. The van der Waals surface area contributed by atoms with Crippen LogP contribution in [0.15, 0.2) is 36.4 Å². The van der Waals surface area contributed by atoms with E-state index in [4.69, 9.17) is 0 Å². The van der Waals surface area contributed by atoms with E-state index in [1.165, 1.54) is 0 Å². The molecule has 8 nitrogen and oxygen atoms in total. The summed E-state index contributed by atoms with van der Waals surface area (Å²) in [5.74, 6) is -0.495. The number of hydrogen-bond acceptors (Lipinski definition) is 4. The van der Waals surface area contributed by atoms with E-state index in [0.717, 1.165) is 33.6 Å². The van der Waals surface area contributed by atoms with Crippen molar-refractivity contribution in [2.45, 2.75) is 71.9 Å². The van der Waals surface area contributed by atoms with E-state index >= 15 is 0 Å². The Balaban J connectivity index is 1.38. The van der Waals surface area contributed by atoms with E-state index in [-0.39, 0.29) is 24.9 Å². The van der Waals surface area contributed by atoms with Gasteiger partial charge in [0.15, 0.2) is 12.1 Å². The first kappa shape index (κ1) is 27.3. The Labute approximate surface area is 220 Å². The quantitative estimate of drug-likeness (QED) is 0.393. The fraction of sp³-hybridized carbons (Fsp3) is 0.517. The van der Waals surface area contributed by atoms with Gasteiger partial charge in [-0.15, -0.1) is 0 Å². The fourth-order valence-electron chi connectivity index (χ4n) is 6.15. The maximum Gasteiger partial charge on any atom is 0.283 e. The molecule has 0 radical (unpaired) electrons. The number of nitrogens with one attached hydrogen (secondary N) is 2. The molecule has 0 spiro atoms. The van der Waals surface area contributed by atoms with E-state index in [9.17, 15) is 20.0 Å². The molecule has 2 fully saturated rings. The number of carbonyl (C=O) groups is 2. The van der Waals surface area contributed by atoms with Crippen molar-refractivity contribution in [3.63, 3.8) is 0 Å². The largest absolute Gasteiger partial charge is 0.632 e. The Bertz CT molecular complexity index is 1040. The smallest absolute Gasteiger partial charge is 0.283 e. The Morgan fingerprint density at radius 1 is 0.730 bits per heavy atom. The first-order chi connectivity index (χ1) is 17.5. The van der Waals surface area contributed by atoms with E-state index in [1.807, 2.05) is 64.1 Å². The minimum Gasteiger partial charge on any atom is -0.632 e. The van der Waals surface area contributed by atoms with Crippen LogP contribution in [-0.4, -0.2) is 59.4 Å². The van der Waals surface area contributed by atoms with Gasteiger partial charge in [-0.2, -0.15) is 0 Å². The van der Waals surface area contributed by atoms with Crippen molar-refractivity contribution in [1.29, 1.82) is 0 Å². The van der Waals surface area contributed by atoms with Gasteiger partial charge in [0.05, 0.1) is 26.2 Å².